The molecule has 0 saturated carbocycles. The van der Waals surface area contributed by atoms with Crippen molar-refractivity contribution >= 4 is 17.9 Å². The maximum absolute atomic E-state index is 11.0. The molecule has 0 saturated heterocycles. The summed E-state index contributed by atoms with van der Waals surface area (Å²) in [4.78, 5) is 11.0. The van der Waals surface area contributed by atoms with Crippen molar-refractivity contribution in [3.8, 4) is 11.5 Å². The number of hydrogen-bond acceptors (Lipinski definition) is 3. The summed E-state index contributed by atoms with van der Waals surface area (Å²) < 4.78 is 10.6. The Hall–Kier alpha value is -1.22. The largest absolute Gasteiger partial charge is 0.454 e. The molecule has 0 unspecified atom stereocenters. The monoisotopic (exact) mass is 226 g/mol. The molecule has 0 atom stereocenters. The normalized spacial score (nSPS) is 13.3. The van der Waals surface area contributed by atoms with Gasteiger partial charge in [0.15, 0.2) is 17.8 Å². The third kappa shape index (κ3) is 1.57. The zero-order valence-corrected chi connectivity index (χ0v) is 9.30. The van der Waals surface area contributed by atoms with Crippen LogP contribution in [0, 0.1) is 0 Å². The van der Waals surface area contributed by atoms with Crippen LogP contribution in [-0.2, 0) is 0 Å². The van der Waals surface area contributed by atoms with Crippen molar-refractivity contribution < 1.29 is 14.3 Å². The Morgan fingerprint density at radius 1 is 1.47 bits per heavy atom. The Kier molecular flexibility index (Phi) is 2.57. The van der Waals surface area contributed by atoms with Gasteiger partial charge in [-0.25, -0.2) is 0 Å². The van der Waals surface area contributed by atoms with Gasteiger partial charge in [-0.05, 0) is 5.92 Å². The van der Waals surface area contributed by atoms with E-state index in [-0.39, 0.29) is 12.7 Å². The van der Waals surface area contributed by atoms with Crippen LogP contribution in [0.25, 0.3) is 0 Å². The highest BCUT2D eigenvalue weighted by molar-refractivity contribution is 6.33. The first-order valence-corrected chi connectivity index (χ1v) is 5.10. The summed E-state index contributed by atoms with van der Waals surface area (Å²) in [5.74, 6) is 1.44. The maximum Gasteiger partial charge on any atom is 0.231 e. The number of rotatable bonds is 2. The van der Waals surface area contributed by atoms with E-state index in [0.717, 1.165) is 11.8 Å². The van der Waals surface area contributed by atoms with Gasteiger partial charge < -0.3 is 9.47 Å². The quantitative estimate of drug-likeness (QED) is 0.728. The lowest BCUT2D eigenvalue weighted by Gasteiger charge is -2.13. The van der Waals surface area contributed by atoms with E-state index in [1.165, 1.54) is 0 Å². The molecule has 1 aliphatic rings. The lowest BCUT2D eigenvalue weighted by atomic mass is 9.96. The number of carbonyl (C=O) groups is 1. The van der Waals surface area contributed by atoms with Gasteiger partial charge >= 0.3 is 0 Å². The van der Waals surface area contributed by atoms with E-state index in [9.17, 15) is 4.79 Å². The highest BCUT2D eigenvalue weighted by Crippen LogP contribution is 2.43. The number of fused-ring (bicyclic) bond motifs is 1. The van der Waals surface area contributed by atoms with Crippen molar-refractivity contribution in [1.29, 1.82) is 0 Å². The minimum absolute atomic E-state index is 0.166. The molecule has 0 aromatic heterocycles. The molecule has 0 bridgehead atoms. The first kappa shape index (κ1) is 10.3. The predicted molar refractivity (Wildman–Crippen MR) is 57.1 cm³/mol. The van der Waals surface area contributed by atoms with Gasteiger partial charge in [0.05, 0.1) is 5.02 Å². The topological polar surface area (TPSA) is 35.5 Å². The average molecular weight is 227 g/mol. The highest BCUT2D eigenvalue weighted by atomic mass is 35.5. The molecule has 1 heterocycles. The zero-order valence-electron chi connectivity index (χ0n) is 8.54. The lowest BCUT2D eigenvalue weighted by molar-refractivity contribution is 0.112. The molecule has 0 amide bonds. The van der Waals surface area contributed by atoms with Crippen molar-refractivity contribution in [1.82, 2.24) is 0 Å². The van der Waals surface area contributed by atoms with Crippen LogP contribution in [0.15, 0.2) is 6.07 Å². The molecule has 15 heavy (non-hydrogen) atoms. The van der Waals surface area contributed by atoms with Gasteiger partial charge in [0, 0.05) is 17.2 Å². The third-order valence-electron chi connectivity index (χ3n) is 2.39. The van der Waals surface area contributed by atoms with Gasteiger partial charge in [-0.2, -0.15) is 0 Å². The summed E-state index contributed by atoms with van der Waals surface area (Å²) in [6.45, 7) is 4.16. The molecule has 0 spiro atoms. The van der Waals surface area contributed by atoms with Crippen LogP contribution in [-0.4, -0.2) is 13.1 Å². The van der Waals surface area contributed by atoms with E-state index < -0.39 is 0 Å². The molecular weight excluding hydrogens is 216 g/mol. The predicted octanol–water partition coefficient (Wildman–Crippen LogP) is 3.00. The van der Waals surface area contributed by atoms with Crippen LogP contribution < -0.4 is 9.47 Å². The van der Waals surface area contributed by atoms with E-state index in [2.05, 4.69) is 0 Å². The summed E-state index contributed by atoms with van der Waals surface area (Å²) in [6.07, 6.45) is 0.764. The fourth-order valence-corrected chi connectivity index (χ4v) is 1.99. The number of hydrogen-bond donors (Lipinski definition) is 0. The second-order valence-corrected chi connectivity index (χ2v) is 4.10. The van der Waals surface area contributed by atoms with Gasteiger partial charge in [0.2, 0.25) is 6.79 Å². The zero-order chi connectivity index (χ0) is 11.0. The lowest BCUT2D eigenvalue weighted by Crippen LogP contribution is -1.99. The Balaban J connectivity index is 2.71. The van der Waals surface area contributed by atoms with E-state index in [1.807, 2.05) is 13.8 Å². The van der Waals surface area contributed by atoms with Crippen LogP contribution in [0.5, 0.6) is 11.5 Å². The molecule has 1 aromatic rings. The molecule has 0 N–H and O–H groups in total. The van der Waals surface area contributed by atoms with Crippen molar-refractivity contribution in [2.24, 2.45) is 0 Å². The SMILES string of the molecule is CC(C)c1c(C=O)c(Cl)cc2c1OCO2. The van der Waals surface area contributed by atoms with E-state index in [1.54, 1.807) is 6.07 Å². The number of aldehydes is 1. The molecule has 1 aromatic carbocycles. The third-order valence-corrected chi connectivity index (χ3v) is 2.70. The molecule has 2 rings (SSSR count). The molecule has 3 nitrogen and oxygen atoms in total. The summed E-state index contributed by atoms with van der Waals surface area (Å²) in [5, 5.41) is 0.415. The van der Waals surface area contributed by atoms with Gasteiger partial charge in [-0.1, -0.05) is 25.4 Å². The van der Waals surface area contributed by atoms with Crippen LogP contribution in [0.4, 0.5) is 0 Å². The van der Waals surface area contributed by atoms with Gasteiger partial charge in [0.1, 0.15) is 0 Å². The number of carbonyl (C=O) groups excluding carboxylic acids is 1. The molecular formula is C11H11ClO3. The van der Waals surface area contributed by atoms with Gasteiger partial charge in [0.25, 0.3) is 0 Å². The molecule has 0 radical (unpaired) electrons. The fourth-order valence-electron chi connectivity index (χ4n) is 1.74. The van der Waals surface area contributed by atoms with Crippen molar-refractivity contribution in [2.45, 2.75) is 19.8 Å². The average Bonchev–Trinajstić information content (AvgIpc) is 2.62. The standard InChI is InChI=1S/C11H11ClO3/c1-6(2)10-7(4-13)8(12)3-9-11(10)15-5-14-9/h3-4,6H,5H2,1-2H3. The minimum Gasteiger partial charge on any atom is -0.454 e. The first-order valence-electron chi connectivity index (χ1n) is 4.72. The summed E-state index contributed by atoms with van der Waals surface area (Å²) >= 11 is 5.99. The van der Waals surface area contributed by atoms with E-state index >= 15 is 0 Å². The van der Waals surface area contributed by atoms with E-state index in [0.29, 0.717) is 22.1 Å². The summed E-state index contributed by atoms with van der Waals surface area (Å²) in [6, 6.07) is 1.62. The number of ether oxygens (including phenoxy) is 2. The highest BCUT2D eigenvalue weighted by Gasteiger charge is 2.25. The van der Waals surface area contributed by atoms with Crippen molar-refractivity contribution in [3.63, 3.8) is 0 Å². The fraction of sp³-hybridized carbons (Fsp3) is 0.364. The van der Waals surface area contributed by atoms with Crippen molar-refractivity contribution in [3.05, 3.63) is 22.2 Å². The Morgan fingerprint density at radius 2 is 2.20 bits per heavy atom. The first-order chi connectivity index (χ1) is 7.15. The number of benzene rings is 1. The van der Waals surface area contributed by atoms with Gasteiger partial charge in [-0.3, -0.25) is 4.79 Å². The summed E-state index contributed by atoms with van der Waals surface area (Å²) in [7, 11) is 0. The second kappa shape index (κ2) is 3.74. The van der Waals surface area contributed by atoms with E-state index in [4.69, 9.17) is 21.1 Å². The Morgan fingerprint density at radius 3 is 2.80 bits per heavy atom. The molecule has 1 aliphatic heterocycles. The smallest absolute Gasteiger partial charge is 0.231 e. The van der Waals surface area contributed by atoms with Crippen LogP contribution in [0.1, 0.15) is 35.7 Å². The molecule has 0 fully saturated rings. The van der Waals surface area contributed by atoms with Crippen molar-refractivity contribution in [2.75, 3.05) is 6.79 Å². The van der Waals surface area contributed by atoms with Crippen LogP contribution in [0.2, 0.25) is 5.02 Å². The minimum atomic E-state index is 0.166. The Labute approximate surface area is 92.9 Å². The number of halogens is 1. The Bertz CT molecular complexity index is 413. The summed E-state index contributed by atoms with van der Waals surface area (Å²) in [5.41, 5.74) is 1.32. The maximum atomic E-state index is 11.0. The molecule has 0 aliphatic carbocycles. The van der Waals surface area contributed by atoms with Crippen LogP contribution in [0.3, 0.4) is 0 Å². The van der Waals surface area contributed by atoms with Gasteiger partial charge in [-0.15, -0.1) is 0 Å². The molecule has 4 heteroatoms. The molecule has 80 valence electrons. The van der Waals surface area contributed by atoms with Crippen LogP contribution >= 0.6 is 11.6 Å². The second-order valence-electron chi connectivity index (χ2n) is 3.69.